The van der Waals surface area contributed by atoms with Crippen molar-refractivity contribution in [1.29, 1.82) is 0 Å². The van der Waals surface area contributed by atoms with Crippen molar-refractivity contribution in [1.82, 2.24) is 10.3 Å². The van der Waals surface area contributed by atoms with Gasteiger partial charge in [-0.25, -0.2) is 4.98 Å². The van der Waals surface area contributed by atoms with Crippen LogP contribution >= 0.6 is 0 Å². The maximum Gasteiger partial charge on any atom is 0.231 e. The molecular formula is C16H24N4O. The molecule has 2 aliphatic rings. The molecular weight excluding hydrogens is 264 g/mol. The van der Waals surface area contributed by atoms with Gasteiger partial charge in [-0.15, -0.1) is 0 Å². The van der Waals surface area contributed by atoms with Crippen LogP contribution in [0.2, 0.25) is 0 Å². The van der Waals surface area contributed by atoms with E-state index >= 15 is 0 Å². The van der Waals surface area contributed by atoms with Gasteiger partial charge in [0.2, 0.25) is 5.91 Å². The Morgan fingerprint density at radius 3 is 2.62 bits per heavy atom. The number of carbonyl (C=O) groups is 1. The van der Waals surface area contributed by atoms with Crippen LogP contribution in [0.3, 0.4) is 0 Å². The zero-order valence-electron chi connectivity index (χ0n) is 12.7. The molecule has 0 bridgehead atoms. The first-order valence-electron chi connectivity index (χ1n) is 7.91. The Morgan fingerprint density at radius 2 is 2.00 bits per heavy atom. The summed E-state index contributed by atoms with van der Waals surface area (Å²) < 4.78 is 0. The molecule has 1 aliphatic heterocycles. The Kier molecular flexibility index (Phi) is 4.10. The van der Waals surface area contributed by atoms with Gasteiger partial charge in [-0.1, -0.05) is 19.8 Å². The number of pyridine rings is 1. The third-order valence-corrected chi connectivity index (χ3v) is 4.73. The molecule has 5 heteroatoms. The SMILES string of the molecule is CC1(C(=O)Nc2ccc(N3CCNCC3)cn2)CCCC1. The van der Waals surface area contributed by atoms with Crippen LogP contribution in [-0.4, -0.2) is 37.1 Å². The molecule has 0 unspecified atom stereocenters. The van der Waals surface area contributed by atoms with Crippen LogP contribution in [0.5, 0.6) is 0 Å². The number of amides is 1. The first-order chi connectivity index (χ1) is 10.2. The van der Waals surface area contributed by atoms with Gasteiger partial charge >= 0.3 is 0 Å². The van der Waals surface area contributed by atoms with E-state index < -0.39 is 0 Å². The highest BCUT2D eigenvalue weighted by Crippen LogP contribution is 2.38. The van der Waals surface area contributed by atoms with E-state index in [-0.39, 0.29) is 11.3 Å². The predicted molar refractivity (Wildman–Crippen MR) is 84.5 cm³/mol. The van der Waals surface area contributed by atoms with Crippen LogP contribution in [0.15, 0.2) is 18.3 Å². The summed E-state index contributed by atoms with van der Waals surface area (Å²) in [6, 6.07) is 3.96. The predicted octanol–water partition coefficient (Wildman–Crippen LogP) is 2.01. The molecule has 1 saturated heterocycles. The van der Waals surface area contributed by atoms with Gasteiger partial charge in [-0.2, -0.15) is 0 Å². The van der Waals surface area contributed by atoms with Crippen molar-refractivity contribution in [3.8, 4) is 0 Å². The number of nitrogens with zero attached hydrogens (tertiary/aromatic N) is 2. The number of hydrogen-bond donors (Lipinski definition) is 2. The molecule has 1 aromatic rings. The van der Waals surface area contributed by atoms with Crippen LogP contribution in [0, 0.1) is 5.41 Å². The standard InChI is InChI=1S/C16H24N4O/c1-16(6-2-3-7-16)15(21)19-14-5-4-13(12-18-14)20-10-8-17-9-11-20/h4-5,12,17H,2-3,6-11H2,1H3,(H,18,19,21). The van der Waals surface area contributed by atoms with E-state index in [4.69, 9.17) is 0 Å². The molecule has 1 saturated carbocycles. The largest absolute Gasteiger partial charge is 0.368 e. The highest BCUT2D eigenvalue weighted by atomic mass is 16.2. The Labute approximate surface area is 126 Å². The summed E-state index contributed by atoms with van der Waals surface area (Å²) >= 11 is 0. The van der Waals surface area contributed by atoms with Gasteiger partial charge in [0.25, 0.3) is 0 Å². The van der Waals surface area contributed by atoms with E-state index in [0.717, 1.165) is 57.5 Å². The highest BCUT2D eigenvalue weighted by Gasteiger charge is 2.36. The number of anilines is 2. The van der Waals surface area contributed by atoms with Gasteiger partial charge < -0.3 is 15.5 Å². The summed E-state index contributed by atoms with van der Waals surface area (Å²) in [5.41, 5.74) is 0.917. The lowest BCUT2D eigenvalue weighted by atomic mass is 9.88. The summed E-state index contributed by atoms with van der Waals surface area (Å²) in [5.74, 6) is 0.773. The highest BCUT2D eigenvalue weighted by molar-refractivity contribution is 5.94. The lowest BCUT2D eigenvalue weighted by Crippen LogP contribution is -2.43. The number of aromatic nitrogens is 1. The molecule has 2 fully saturated rings. The fourth-order valence-corrected chi connectivity index (χ4v) is 3.22. The maximum absolute atomic E-state index is 12.4. The molecule has 0 spiro atoms. The zero-order valence-corrected chi connectivity index (χ0v) is 12.7. The smallest absolute Gasteiger partial charge is 0.231 e. The Hall–Kier alpha value is -1.62. The molecule has 2 heterocycles. The lowest BCUT2D eigenvalue weighted by Gasteiger charge is -2.29. The van der Waals surface area contributed by atoms with Crippen molar-refractivity contribution in [2.75, 3.05) is 36.4 Å². The van der Waals surface area contributed by atoms with Crippen LogP contribution in [0.4, 0.5) is 11.5 Å². The van der Waals surface area contributed by atoms with E-state index in [1.165, 1.54) is 0 Å². The minimum Gasteiger partial charge on any atom is -0.368 e. The second-order valence-electron chi connectivity index (χ2n) is 6.36. The monoisotopic (exact) mass is 288 g/mol. The third-order valence-electron chi connectivity index (χ3n) is 4.73. The van der Waals surface area contributed by atoms with E-state index in [9.17, 15) is 4.79 Å². The van der Waals surface area contributed by atoms with Crippen molar-refractivity contribution in [3.05, 3.63) is 18.3 Å². The van der Waals surface area contributed by atoms with Crippen molar-refractivity contribution in [2.45, 2.75) is 32.6 Å². The molecule has 0 aromatic carbocycles. The Bertz CT molecular complexity index is 488. The fraction of sp³-hybridized carbons (Fsp3) is 0.625. The quantitative estimate of drug-likeness (QED) is 0.893. The number of rotatable bonds is 3. The number of carbonyl (C=O) groups excluding carboxylic acids is 1. The Balaban J connectivity index is 1.62. The van der Waals surface area contributed by atoms with Gasteiger partial charge in [0.05, 0.1) is 11.9 Å². The molecule has 1 amide bonds. The van der Waals surface area contributed by atoms with Crippen LogP contribution < -0.4 is 15.5 Å². The maximum atomic E-state index is 12.4. The second-order valence-corrected chi connectivity index (χ2v) is 6.36. The zero-order chi connectivity index (χ0) is 14.7. The van der Waals surface area contributed by atoms with Crippen molar-refractivity contribution in [3.63, 3.8) is 0 Å². The van der Waals surface area contributed by atoms with Crippen LogP contribution in [0.1, 0.15) is 32.6 Å². The molecule has 0 atom stereocenters. The average Bonchev–Trinajstić information content (AvgIpc) is 2.97. The third kappa shape index (κ3) is 3.18. The summed E-state index contributed by atoms with van der Waals surface area (Å²) in [4.78, 5) is 19.1. The van der Waals surface area contributed by atoms with Gasteiger partial charge in [0, 0.05) is 31.6 Å². The van der Waals surface area contributed by atoms with Gasteiger partial charge in [0.15, 0.2) is 0 Å². The second kappa shape index (κ2) is 6.02. The molecule has 3 rings (SSSR count). The van der Waals surface area contributed by atoms with Gasteiger partial charge in [-0.3, -0.25) is 4.79 Å². The average molecular weight is 288 g/mol. The van der Waals surface area contributed by atoms with Crippen LogP contribution in [0.25, 0.3) is 0 Å². The van der Waals surface area contributed by atoms with E-state index in [0.29, 0.717) is 5.82 Å². The summed E-state index contributed by atoms with van der Waals surface area (Å²) in [7, 11) is 0. The van der Waals surface area contributed by atoms with Crippen molar-refractivity contribution >= 4 is 17.4 Å². The minimum absolute atomic E-state index is 0.113. The van der Waals surface area contributed by atoms with E-state index in [2.05, 4.69) is 27.4 Å². The topological polar surface area (TPSA) is 57.3 Å². The summed E-state index contributed by atoms with van der Waals surface area (Å²) in [6.45, 7) is 6.09. The fourth-order valence-electron chi connectivity index (χ4n) is 3.22. The molecule has 0 radical (unpaired) electrons. The number of nitrogens with one attached hydrogen (secondary N) is 2. The van der Waals surface area contributed by atoms with Crippen LogP contribution in [-0.2, 0) is 4.79 Å². The van der Waals surface area contributed by atoms with Crippen molar-refractivity contribution < 1.29 is 4.79 Å². The van der Waals surface area contributed by atoms with E-state index in [1.54, 1.807) is 0 Å². The molecule has 1 aliphatic carbocycles. The van der Waals surface area contributed by atoms with Gasteiger partial charge in [0.1, 0.15) is 5.82 Å². The molecule has 2 N–H and O–H groups in total. The van der Waals surface area contributed by atoms with E-state index in [1.807, 2.05) is 18.3 Å². The molecule has 5 nitrogen and oxygen atoms in total. The number of hydrogen-bond acceptors (Lipinski definition) is 4. The normalized spacial score (nSPS) is 21.3. The summed E-state index contributed by atoms with van der Waals surface area (Å²) in [6.07, 6.45) is 6.13. The first-order valence-corrected chi connectivity index (χ1v) is 7.91. The lowest BCUT2D eigenvalue weighted by molar-refractivity contribution is -0.124. The minimum atomic E-state index is -0.209. The molecule has 1 aromatic heterocycles. The van der Waals surface area contributed by atoms with Crippen molar-refractivity contribution in [2.24, 2.45) is 5.41 Å². The van der Waals surface area contributed by atoms with Gasteiger partial charge in [-0.05, 0) is 25.0 Å². The number of piperazine rings is 1. The molecule has 114 valence electrons. The Morgan fingerprint density at radius 1 is 1.29 bits per heavy atom. The molecule has 21 heavy (non-hydrogen) atoms. The summed E-state index contributed by atoms with van der Waals surface area (Å²) in [5, 5.41) is 6.31. The first kappa shape index (κ1) is 14.3.